The summed E-state index contributed by atoms with van der Waals surface area (Å²) in [5.74, 6) is 1.73. The van der Waals surface area contributed by atoms with E-state index in [9.17, 15) is 0 Å². The van der Waals surface area contributed by atoms with E-state index < -0.39 is 0 Å². The summed E-state index contributed by atoms with van der Waals surface area (Å²) in [7, 11) is 0. The molecule has 2 aromatic carbocycles. The molecule has 0 amide bonds. The molecular formula is C23H30N6. The standard InChI is InChI=1S/C23H30N6/c1-15(2)14-25-20-13-12-18(21(22(20)24)16-8-4-3-5-9-16)17-10-6-7-11-19(17)23-26-28-29-27-23/h6-7,10-13,15-16,25H,3-5,8-9,14,24H2,1-2H3,(H,26,27,28,29). The van der Waals surface area contributed by atoms with Crippen molar-refractivity contribution in [2.75, 3.05) is 17.6 Å². The van der Waals surface area contributed by atoms with E-state index >= 15 is 0 Å². The van der Waals surface area contributed by atoms with Gasteiger partial charge in [-0.3, -0.25) is 0 Å². The quantitative estimate of drug-likeness (QED) is 0.501. The van der Waals surface area contributed by atoms with Gasteiger partial charge in [-0.1, -0.05) is 63.4 Å². The molecule has 0 bridgehead atoms. The van der Waals surface area contributed by atoms with Crippen molar-refractivity contribution in [3.63, 3.8) is 0 Å². The number of H-pyrrole nitrogens is 1. The van der Waals surface area contributed by atoms with E-state index in [1.165, 1.54) is 43.2 Å². The number of nitrogens with one attached hydrogen (secondary N) is 2. The summed E-state index contributed by atoms with van der Waals surface area (Å²) in [5, 5.41) is 18.1. The Balaban J connectivity index is 1.84. The lowest BCUT2D eigenvalue weighted by molar-refractivity contribution is 0.445. The first-order valence-corrected chi connectivity index (χ1v) is 10.6. The number of nitrogen functional groups attached to an aromatic ring is 1. The van der Waals surface area contributed by atoms with Gasteiger partial charge in [0.05, 0.1) is 11.4 Å². The first kappa shape index (κ1) is 19.4. The number of nitrogens with zero attached hydrogens (tertiary/aromatic N) is 3. The summed E-state index contributed by atoms with van der Waals surface area (Å²) in [6.45, 7) is 5.33. The summed E-state index contributed by atoms with van der Waals surface area (Å²) in [5.41, 5.74) is 13.3. The number of nitrogens with two attached hydrogens (primary N) is 1. The van der Waals surface area contributed by atoms with Crippen LogP contribution in [0.15, 0.2) is 36.4 Å². The van der Waals surface area contributed by atoms with Crippen molar-refractivity contribution in [2.45, 2.75) is 51.9 Å². The van der Waals surface area contributed by atoms with Crippen molar-refractivity contribution < 1.29 is 0 Å². The van der Waals surface area contributed by atoms with Crippen molar-refractivity contribution >= 4 is 11.4 Å². The lowest BCUT2D eigenvalue weighted by atomic mass is 9.79. The maximum absolute atomic E-state index is 6.80. The molecule has 152 valence electrons. The first-order valence-electron chi connectivity index (χ1n) is 10.6. The van der Waals surface area contributed by atoms with E-state index in [-0.39, 0.29) is 0 Å². The van der Waals surface area contributed by atoms with Crippen LogP contribution in [0.5, 0.6) is 0 Å². The average molecular weight is 391 g/mol. The highest BCUT2D eigenvalue weighted by Gasteiger charge is 2.24. The van der Waals surface area contributed by atoms with Gasteiger partial charge in [-0.05, 0) is 57.9 Å². The van der Waals surface area contributed by atoms with Crippen molar-refractivity contribution in [3.8, 4) is 22.5 Å². The summed E-state index contributed by atoms with van der Waals surface area (Å²) in [6, 6.07) is 12.6. The van der Waals surface area contributed by atoms with Gasteiger partial charge in [0.25, 0.3) is 0 Å². The predicted octanol–water partition coefficient (Wildman–Crippen LogP) is 5.23. The number of aromatic nitrogens is 4. The minimum atomic E-state index is 0.487. The Morgan fingerprint density at radius 2 is 1.79 bits per heavy atom. The maximum atomic E-state index is 6.80. The normalized spacial score (nSPS) is 15.0. The molecule has 29 heavy (non-hydrogen) atoms. The molecule has 1 heterocycles. The molecule has 6 nitrogen and oxygen atoms in total. The molecule has 0 unspecified atom stereocenters. The second-order valence-electron chi connectivity index (χ2n) is 8.39. The Morgan fingerprint density at radius 1 is 1.03 bits per heavy atom. The zero-order valence-corrected chi connectivity index (χ0v) is 17.3. The summed E-state index contributed by atoms with van der Waals surface area (Å²) < 4.78 is 0. The van der Waals surface area contributed by atoms with E-state index in [1.54, 1.807) is 0 Å². The fourth-order valence-corrected chi connectivity index (χ4v) is 4.37. The number of anilines is 2. The molecule has 1 aliphatic rings. The zero-order chi connectivity index (χ0) is 20.2. The highest BCUT2D eigenvalue weighted by atomic mass is 15.5. The summed E-state index contributed by atoms with van der Waals surface area (Å²) in [4.78, 5) is 0. The highest BCUT2D eigenvalue weighted by molar-refractivity contribution is 5.88. The van der Waals surface area contributed by atoms with Crippen LogP contribution in [0.1, 0.15) is 57.4 Å². The van der Waals surface area contributed by atoms with Gasteiger partial charge in [0.1, 0.15) is 0 Å². The van der Waals surface area contributed by atoms with Gasteiger partial charge in [0.2, 0.25) is 0 Å². The molecule has 0 radical (unpaired) electrons. The van der Waals surface area contributed by atoms with Crippen LogP contribution in [0.25, 0.3) is 22.5 Å². The Labute approximate surface area is 172 Å². The second-order valence-corrected chi connectivity index (χ2v) is 8.39. The van der Waals surface area contributed by atoms with Crippen LogP contribution in [0.3, 0.4) is 0 Å². The van der Waals surface area contributed by atoms with Crippen molar-refractivity contribution in [1.82, 2.24) is 20.6 Å². The van der Waals surface area contributed by atoms with Crippen molar-refractivity contribution in [1.29, 1.82) is 0 Å². The number of hydrogen-bond donors (Lipinski definition) is 3. The molecule has 0 aliphatic heterocycles. The fourth-order valence-electron chi connectivity index (χ4n) is 4.37. The molecule has 6 heteroatoms. The minimum Gasteiger partial charge on any atom is -0.397 e. The Bertz CT molecular complexity index is 942. The number of rotatable bonds is 6. The molecule has 0 spiro atoms. The average Bonchev–Trinajstić information content (AvgIpc) is 3.28. The molecular weight excluding hydrogens is 360 g/mol. The van der Waals surface area contributed by atoms with Crippen LogP contribution in [-0.4, -0.2) is 27.2 Å². The third-order valence-corrected chi connectivity index (χ3v) is 5.82. The van der Waals surface area contributed by atoms with Gasteiger partial charge in [-0.25, -0.2) is 5.10 Å². The molecule has 0 atom stereocenters. The van der Waals surface area contributed by atoms with E-state index in [0.717, 1.165) is 29.0 Å². The van der Waals surface area contributed by atoms with Crippen LogP contribution < -0.4 is 11.1 Å². The van der Waals surface area contributed by atoms with Crippen LogP contribution in [0.2, 0.25) is 0 Å². The van der Waals surface area contributed by atoms with Gasteiger partial charge in [0, 0.05) is 12.1 Å². The summed E-state index contributed by atoms with van der Waals surface area (Å²) >= 11 is 0. The topological polar surface area (TPSA) is 92.5 Å². The number of hydrogen-bond acceptors (Lipinski definition) is 5. The van der Waals surface area contributed by atoms with Crippen molar-refractivity contribution in [3.05, 3.63) is 42.0 Å². The number of tetrazole rings is 1. The van der Waals surface area contributed by atoms with Crippen LogP contribution in [-0.2, 0) is 0 Å². The molecule has 0 saturated heterocycles. The van der Waals surface area contributed by atoms with Crippen LogP contribution in [0, 0.1) is 5.92 Å². The van der Waals surface area contributed by atoms with E-state index in [2.05, 4.69) is 70.1 Å². The molecule has 1 aliphatic carbocycles. The molecule has 3 aromatic rings. The zero-order valence-electron chi connectivity index (χ0n) is 17.3. The highest BCUT2D eigenvalue weighted by Crippen LogP contribution is 2.45. The molecule has 1 fully saturated rings. The summed E-state index contributed by atoms with van der Waals surface area (Å²) in [6.07, 6.45) is 6.23. The lowest BCUT2D eigenvalue weighted by Gasteiger charge is -2.28. The van der Waals surface area contributed by atoms with Gasteiger partial charge in [-0.2, -0.15) is 0 Å². The maximum Gasteiger partial charge on any atom is 0.180 e. The Kier molecular flexibility index (Phi) is 5.79. The van der Waals surface area contributed by atoms with E-state index in [4.69, 9.17) is 5.73 Å². The third-order valence-electron chi connectivity index (χ3n) is 5.82. The number of benzene rings is 2. The lowest BCUT2D eigenvalue weighted by Crippen LogP contribution is -2.14. The molecule has 4 rings (SSSR count). The van der Waals surface area contributed by atoms with Gasteiger partial charge < -0.3 is 11.1 Å². The van der Waals surface area contributed by atoms with Gasteiger partial charge in [-0.15, -0.1) is 5.10 Å². The fraction of sp³-hybridized carbons (Fsp3) is 0.435. The Hall–Kier alpha value is -2.89. The van der Waals surface area contributed by atoms with Crippen LogP contribution in [0.4, 0.5) is 11.4 Å². The SMILES string of the molecule is CC(C)CNc1ccc(-c2ccccc2-c2nnn[nH]2)c(C2CCCCC2)c1N. The molecule has 1 saturated carbocycles. The van der Waals surface area contributed by atoms with Crippen LogP contribution >= 0.6 is 0 Å². The number of aromatic amines is 1. The van der Waals surface area contributed by atoms with Gasteiger partial charge >= 0.3 is 0 Å². The molecule has 4 N–H and O–H groups in total. The van der Waals surface area contributed by atoms with Crippen molar-refractivity contribution in [2.24, 2.45) is 5.92 Å². The smallest absolute Gasteiger partial charge is 0.180 e. The Morgan fingerprint density at radius 3 is 2.48 bits per heavy atom. The second kappa shape index (κ2) is 8.64. The van der Waals surface area contributed by atoms with E-state index in [0.29, 0.717) is 17.7 Å². The predicted molar refractivity (Wildman–Crippen MR) is 119 cm³/mol. The largest absolute Gasteiger partial charge is 0.397 e. The molecule has 1 aromatic heterocycles. The first-order chi connectivity index (χ1) is 14.1. The third kappa shape index (κ3) is 4.11. The minimum absolute atomic E-state index is 0.487. The van der Waals surface area contributed by atoms with Gasteiger partial charge in [0.15, 0.2) is 5.82 Å². The monoisotopic (exact) mass is 390 g/mol. The van der Waals surface area contributed by atoms with E-state index in [1.807, 2.05) is 6.07 Å².